The molecule has 1 unspecified atom stereocenters. The first-order chi connectivity index (χ1) is 17.6. The molecule has 7 N–H and O–H groups in total. The molecule has 0 aromatic heterocycles. The smallest absolute Gasteiger partial charge is 0.322 e. The predicted octanol–water partition coefficient (Wildman–Crippen LogP) is 0.906. The van der Waals surface area contributed by atoms with Gasteiger partial charge in [-0.05, 0) is 54.7 Å². The Morgan fingerprint density at radius 3 is 2.34 bits per heavy atom. The lowest BCUT2D eigenvalue weighted by atomic mass is 9.70. The van der Waals surface area contributed by atoms with E-state index >= 15 is 0 Å². The number of benzene rings is 1. The van der Waals surface area contributed by atoms with Gasteiger partial charge in [0.15, 0.2) is 5.96 Å². The van der Waals surface area contributed by atoms with E-state index in [0.29, 0.717) is 24.1 Å². The van der Waals surface area contributed by atoms with E-state index in [1.54, 1.807) is 24.3 Å². The zero-order valence-corrected chi connectivity index (χ0v) is 22.3. The summed E-state index contributed by atoms with van der Waals surface area (Å²) in [4.78, 5) is 51.5. The molecule has 3 rings (SSSR count). The standard InChI is InChI=1S/C25H35N5O7S/c1-24(2)16-10-11-25(24,19(31)13-16)14-38(36,37)30-18(22(34)35)12-15-6-8-17(9-7-15)28-20(32)4-3-5-21(33)29-23(26)27/h6-9,16,18,30H,3-5,10-14H2,1-2H3,(H,28,32)(H,34,35)(H4,26,27,29,33)/t16?,18-,25+/m0/s1. The molecule has 1 aromatic carbocycles. The van der Waals surface area contributed by atoms with Crippen LogP contribution in [-0.4, -0.2) is 54.8 Å². The van der Waals surface area contributed by atoms with Gasteiger partial charge in [-0.15, -0.1) is 0 Å². The largest absolute Gasteiger partial charge is 0.480 e. The minimum atomic E-state index is -4.08. The summed E-state index contributed by atoms with van der Waals surface area (Å²) in [7, 11) is -4.08. The first-order valence-corrected chi connectivity index (χ1v) is 14.1. The summed E-state index contributed by atoms with van der Waals surface area (Å²) in [6, 6.07) is 4.90. The third-order valence-electron chi connectivity index (χ3n) is 7.92. The topological polar surface area (TPSA) is 211 Å². The van der Waals surface area contributed by atoms with Crippen LogP contribution in [-0.2, 0) is 35.6 Å². The molecule has 0 saturated heterocycles. The van der Waals surface area contributed by atoms with E-state index in [9.17, 15) is 32.7 Å². The Bertz CT molecular complexity index is 1240. The van der Waals surface area contributed by atoms with Crippen LogP contribution in [0.25, 0.3) is 0 Å². The van der Waals surface area contributed by atoms with Crippen molar-refractivity contribution in [3.8, 4) is 0 Å². The van der Waals surface area contributed by atoms with Gasteiger partial charge in [-0.2, -0.15) is 4.99 Å². The average Bonchev–Trinajstić information content (AvgIpc) is 3.13. The van der Waals surface area contributed by atoms with Gasteiger partial charge in [0.2, 0.25) is 21.8 Å². The molecule has 3 atom stereocenters. The zero-order chi connectivity index (χ0) is 28.3. The van der Waals surface area contributed by atoms with Crippen molar-refractivity contribution in [2.24, 2.45) is 33.2 Å². The normalized spacial score (nSPS) is 22.6. The highest BCUT2D eigenvalue weighted by molar-refractivity contribution is 7.89. The van der Waals surface area contributed by atoms with E-state index in [4.69, 9.17) is 11.5 Å². The molecule has 2 aliphatic carbocycles. The second kappa shape index (κ2) is 11.2. The van der Waals surface area contributed by atoms with Crippen LogP contribution < -0.4 is 21.5 Å². The van der Waals surface area contributed by atoms with Crippen LogP contribution in [0.3, 0.4) is 0 Å². The Morgan fingerprint density at radius 2 is 1.82 bits per heavy atom. The van der Waals surface area contributed by atoms with Gasteiger partial charge in [-0.3, -0.25) is 19.2 Å². The fraction of sp³-hybridized carbons (Fsp3) is 0.560. The van der Waals surface area contributed by atoms with Gasteiger partial charge in [0, 0.05) is 30.4 Å². The summed E-state index contributed by atoms with van der Waals surface area (Å²) >= 11 is 0. The molecule has 2 fully saturated rings. The number of Topliss-reactive ketones (excluding diaryl/α,β-unsaturated/α-hetero) is 1. The van der Waals surface area contributed by atoms with E-state index in [2.05, 4.69) is 15.0 Å². The molecule has 12 nitrogen and oxygen atoms in total. The number of anilines is 1. The average molecular weight is 550 g/mol. The lowest BCUT2D eigenvalue weighted by Gasteiger charge is -2.36. The van der Waals surface area contributed by atoms with Crippen molar-refractivity contribution < 1.29 is 32.7 Å². The Labute approximate surface area is 221 Å². The second-order valence-corrected chi connectivity index (χ2v) is 12.4. The molecule has 2 bridgehead atoms. The summed E-state index contributed by atoms with van der Waals surface area (Å²) in [5.41, 5.74) is 9.79. The number of carboxylic acids is 1. The second-order valence-electron chi connectivity index (χ2n) is 10.7. The molecule has 208 valence electrons. The molecular weight excluding hydrogens is 514 g/mol. The van der Waals surface area contributed by atoms with Crippen molar-refractivity contribution >= 4 is 45.2 Å². The number of guanidine groups is 1. The van der Waals surface area contributed by atoms with Crippen molar-refractivity contribution in [2.45, 2.75) is 64.8 Å². The van der Waals surface area contributed by atoms with Gasteiger partial charge < -0.3 is 21.9 Å². The van der Waals surface area contributed by atoms with Crippen molar-refractivity contribution in [2.75, 3.05) is 11.1 Å². The van der Waals surface area contributed by atoms with Crippen LogP contribution in [0.2, 0.25) is 0 Å². The molecule has 2 aliphatic rings. The maximum atomic E-state index is 13.0. The Kier molecular flexibility index (Phi) is 8.62. The molecule has 2 saturated carbocycles. The van der Waals surface area contributed by atoms with E-state index in [-0.39, 0.29) is 49.3 Å². The summed E-state index contributed by atoms with van der Waals surface area (Å²) in [5, 5.41) is 12.4. The number of ketones is 1. The van der Waals surface area contributed by atoms with Gasteiger partial charge in [0.1, 0.15) is 11.8 Å². The highest BCUT2D eigenvalue weighted by Crippen LogP contribution is 2.64. The van der Waals surface area contributed by atoms with Crippen LogP contribution in [0, 0.1) is 16.7 Å². The highest BCUT2D eigenvalue weighted by Gasteiger charge is 2.65. The van der Waals surface area contributed by atoms with Gasteiger partial charge in [-0.1, -0.05) is 26.0 Å². The van der Waals surface area contributed by atoms with Crippen molar-refractivity contribution in [1.82, 2.24) is 4.72 Å². The number of aliphatic carboxylic acids is 1. The Balaban J connectivity index is 1.57. The van der Waals surface area contributed by atoms with Crippen molar-refractivity contribution in [1.29, 1.82) is 0 Å². The van der Waals surface area contributed by atoms with E-state index < -0.39 is 44.5 Å². The summed E-state index contributed by atoms with van der Waals surface area (Å²) < 4.78 is 28.4. The van der Waals surface area contributed by atoms with Gasteiger partial charge in [-0.25, -0.2) is 13.1 Å². The molecule has 0 spiro atoms. The monoisotopic (exact) mass is 549 g/mol. The third-order valence-corrected chi connectivity index (χ3v) is 9.44. The number of amides is 2. The minimum Gasteiger partial charge on any atom is -0.480 e. The van der Waals surface area contributed by atoms with Crippen LogP contribution in [0.15, 0.2) is 29.3 Å². The maximum absolute atomic E-state index is 13.0. The lowest BCUT2D eigenvalue weighted by molar-refractivity contribution is -0.139. The maximum Gasteiger partial charge on any atom is 0.322 e. The van der Waals surface area contributed by atoms with Crippen molar-refractivity contribution in [3.63, 3.8) is 0 Å². The van der Waals surface area contributed by atoms with E-state index in [0.717, 1.165) is 6.42 Å². The fourth-order valence-corrected chi connectivity index (χ4v) is 7.68. The van der Waals surface area contributed by atoms with E-state index in [1.807, 2.05) is 13.8 Å². The number of fused-ring (bicyclic) bond motifs is 2. The lowest BCUT2D eigenvalue weighted by Crippen LogP contribution is -2.49. The number of nitrogens with one attached hydrogen (secondary N) is 2. The first-order valence-electron chi connectivity index (χ1n) is 12.4. The number of sulfonamides is 1. The summed E-state index contributed by atoms with van der Waals surface area (Å²) in [5.74, 6) is -2.85. The van der Waals surface area contributed by atoms with E-state index in [1.165, 1.54) is 0 Å². The summed E-state index contributed by atoms with van der Waals surface area (Å²) in [6.45, 7) is 3.85. The third kappa shape index (κ3) is 6.57. The Hall–Kier alpha value is -3.32. The molecule has 0 aliphatic heterocycles. The molecule has 38 heavy (non-hydrogen) atoms. The quantitative estimate of drug-likeness (QED) is 0.185. The van der Waals surface area contributed by atoms with Crippen molar-refractivity contribution in [3.05, 3.63) is 29.8 Å². The number of hydrogen-bond donors (Lipinski definition) is 5. The first kappa shape index (κ1) is 29.2. The highest BCUT2D eigenvalue weighted by atomic mass is 32.2. The number of rotatable bonds is 12. The number of carboxylic acid groups (broad SMARTS) is 1. The molecule has 2 amide bonds. The van der Waals surface area contributed by atoms with Gasteiger partial charge >= 0.3 is 5.97 Å². The number of carbonyl (C=O) groups is 4. The number of nitrogens with two attached hydrogens (primary N) is 2. The van der Waals surface area contributed by atoms with Crippen LogP contribution >= 0.6 is 0 Å². The molecule has 0 radical (unpaired) electrons. The number of aliphatic imine (C=N–C) groups is 1. The summed E-state index contributed by atoms with van der Waals surface area (Å²) in [6.07, 6.45) is 1.86. The van der Waals surface area contributed by atoms with Gasteiger partial charge in [0.05, 0.1) is 5.75 Å². The molecule has 1 aromatic rings. The van der Waals surface area contributed by atoms with Crippen LogP contribution in [0.1, 0.15) is 57.9 Å². The number of hydrogen-bond acceptors (Lipinski definition) is 6. The molecular formula is C25H35N5O7S. The SMILES string of the molecule is CC1(C)C2CC[C@@]1(CS(=O)(=O)N[C@@H](Cc1ccc(NC(=O)CCCC(=O)N=C(N)N)cc1)C(=O)O)C(=O)C2. The Morgan fingerprint density at radius 1 is 1.16 bits per heavy atom. The fourth-order valence-electron chi connectivity index (χ4n) is 5.65. The predicted molar refractivity (Wildman–Crippen MR) is 140 cm³/mol. The minimum absolute atomic E-state index is 0.0180. The van der Waals surface area contributed by atoms with Crippen LogP contribution in [0.5, 0.6) is 0 Å². The molecule has 0 heterocycles. The zero-order valence-electron chi connectivity index (χ0n) is 21.5. The number of nitrogens with zero attached hydrogens (tertiary/aromatic N) is 1. The molecule has 13 heteroatoms. The van der Waals surface area contributed by atoms with Crippen LogP contribution in [0.4, 0.5) is 5.69 Å². The number of carbonyl (C=O) groups excluding carboxylic acids is 3. The van der Waals surface area contributed by atoms with Gasteiger partial charge in [0.25, 0.3) is 0 Å².